The molecule has 0 spiro atoms. The van der Waals surface area contributed by atoms with Gasteiger partial charge in [-0.25, -0.2) is 0 Å². The lowest BCUT2D eigenvalue weighted by Gasteiger charge is -2.31. The van der Waals surface area contributed by atoms with Crippen LogP contribution in [0.2, 0.25) is 0 Å². The number of nitrogens with one attached hydrogen (secondary N) is 23. The third-order valence-corrected chi connectivity index (χ3v) is 17.9. The van der Waals surface area contributed by atoms with Crippen molar-refractivity contribution < 1.29 is 67.1 Å². The Labute approximate surface area is 677 Å². The van der Waals surface area contributed by atoms with Crippen molar-refractivity contribution in [3.8, 4) is 0 Å². The topological polar surface area (TPSA) is 850 Å². The van der Waals surface area contributed by atoms with E-state index in [9.17, 15) is 57.5 Å². The average Bonchev–Trinajstić information content (AvgIpc) is 1.67. The maximum atomic E-state index is 15.3. The second kappa shape index (κ2) is 55.7. The van der Waals surface area contributed by atoms with Gasteiger partial charge in [-0.3, -0.25) is 99.6 Å². The number of benzene rings is 1. The van der Waals surface area contributed by atoms with Crippen LogP contribution in [0.25, 0.3) is 0 Å². The van der Waals surface area contributed by atoms with Crippen LogP contribution >= 0.6 is 0 Å². The number of nitrogens with zero attached hydrogens (tertiary/aromatic N) is 1. The first-order chi connectivity index (χ1) is 55.4. The van der Waals surface area contributed by atoms with Gasteiger partial charge in [0.1, 0.15) is 60.4 Å². The van der Waals surface area contributed by atoms with Crippen LogP contribution in [0.3, 0.4) is 0 Å². The lowest BCUT2D eigenvalue weighted by atomic mass is 10.0. The number of carbonyl (C=O) groups excluding carboxylic acids is 14. The van der Waals surface area contributed by atoms with Gasteiger partial charge in [-0.15, -0.1) is 0 Å². The van der Waals surface area contributed by atoms with Gasteiger partial charge in [0.25, 0.3) is 0 Å². The first-order valence-corrected chi connectivity index (χ1v) is 38.5. The van der Waals surface area contributed by atoms with Crippen LogP contribution in [-0.4, -0.2) is 255 Å². The molecule has 1 saturated heterocycles. The number of carbonyl (C=O) groups is 14. The van der Waals surface area contributed by atoms with Crippen molar-refractivity contribution in [2.75, 3.05) is 65.4 Å². The van der Waals surface area contributed by atoms with Gasteiger partial charge in [0.15, 0.2) is 35.8 Å². The maximum absolute atomic E-state index is 15.3. The summed E-state index contributed by atoms with van der Waals surface area (Å²) in [5.74, 6) is -14.9. The van der Waals surface area contributed by atoms with Crippen molar-refractivity contribution in [1.82, 2.24) is 95.3 Å². The van der Waals surface area contributed by atoms with Gasteiger partial charge in [0, 0.05) is 78.0 Å². The third-order valence-electron chi connectivity index (χ3n) is 17.9. The van der Waals surface area contributed by atoms with E-state index in [0.717, 1.165) is 4.90 Å². The van der Waals surface area contributed by atoms with Gasteiger partial charge >= 0.3 is 0 Å². The van der Waals surface area contributed by atoms with Crippen LogP contribution < -0.4 is 148 Å². The summed E-state index contributed by atoms with van der Waals surface area (Å²) in [5, 5.41) is 90.4. The fraction of sp³-hybridized carbons (Fsp3) is 0.623. The predicted molar refractivity (Wildman–Crippen MR) is 432 cm³/mol. The zero-order valence-electron chi connectivity index (χ0n) is 66.1. The molecule has 43 N–H and O–H groups in total. The molecule has 0 aliphatic carbocycles. The van der Waals surface area contributed by atoms with Gasteiger partial charge in [-0.05, 0) is 134 Å². The molecule has 1 fully saturated rings. The van der Waals surface area contributed by atoms with Gasteiger partial charge < -0.3 is 153 Å². The maximum Gasteiger partial charge on any atom is 0.245 e. The smallest absolute Gasteiger partial charge is 0.245 e. The molecule has 1 aromatic rings. The average molecular weight is 1650 g/mol. The predicted octanol–water partition coefficient (Wildman–Crippen LogP) is -11.0. The Balaban J connectivity index is 2.71. The fourth-order valence-corrected chi connectivity index (χ4v) is 12.1. The fourth-order valence-electron chi connectivity index (χ4n) is 12.1. The summed E-state index contributed by atoms with van der Waals surface area (Å²) in [5.41, 5.74) is 56.7. The Kier molecular flexibility index (Phi) is 47.8. The van der Waals surface area contributed by atoms with Crippen molar-refractivity contribution in [3.05, 3.63) is 35.9 Å². The van der Waals surface area contributed by atoms with E-state index >= 15 is 9.59 Å². The number of hydrogen-bond acceptors (Lipinski definition) is 22. The van der Waals surface area contributed by atoms with Gasteiger partial charge in [0.2, 0.25) is 82.7 Å². The molecule has 0 unspecified atom stereocenters. The number of guanidine groups is 6. The van der Waals surface area contributed by atoms with Crippen LogP contribution in [-0.2, 0) is 73.5 Å². The van der Waals surface area contributed by atoms with E-state index in [2.05, 4.69) is 90.4 Å². The van der Waals surface area contributed by atoms with Crippen molar-refractivity contribution in [3.63, 3.8) is 0 Å². The number of nitrogens with two attached hydrogens (primary N) is 10. The Morgan fingerprint density at radius 2 is 0.726 bits per heavy atom. The normalized spacial score (nSPS) is 15.0. The van der Waals surface area contributed by atoms with Crippen LogP contribution in [0, 0.1) is 32.5 Å². The Morgan fingerprint density at radius 1 is 0.376 bits per heavy atom. The monoisotopic (exact) mass is 1650 g/mol. The lowest BCUT2D eigenvalue weighted by molar-refractivity contribution is -0.143. The summed E-state index contributed by atoms with van der Waals surface area (Å²) in [4.78, 5) is 196. The molecule has 0 aromatic heterocycles. The van der Waals surface area contributed by atoms with Crippen LogP contribution in [0.5, 0.6) is 0 Å². The van der Waals surface area contributed by atoms with Gasteiger partial charge in [-0.2, -0.15) is 0 Å². The zero-order chi connectivity index (χ0) is 87.5. The van der Waals surface area contributed by atoms with Crippen molar-refractivity contribution in [1.29, 1.82) is 32.5 Å². The van der Waals surface area contributed by atoms with Crippen LogP contribution in [0.15, 0.2) is 30.3 Å². The first-order valence-electron chi connectivity index (χ1n) is 38.5. The summed E-state index contributed by atoms with van der Waals surface area (Å²) < 4.78 is 0. The Hall–Kier alpha value is -12.7. The molecule has 0 saturated carbocycles. The summed E-state index contributed by atoms with van der Waals surface area (Å²) in [6, 6.07) is -6.93. The molecule has 48 heteroatoms. The molecule has 11 atom stereocenters. The molecule has 1 heterocycles. The quantitative estimate of drug-likeness (QED) is 0.0164. The molecular formula is C69H124N34O14. The highest BCUT2D eigenvalue weighted by Crippen LogP contribution is 2.22. The second-order valence-corrected chi connectivity index (χ2v) is 27.7. The molecule has 1 aliphatic heterocycles. The zero-order valence-corrected chi connectivity index (χ0v) is 66.1. The molecule has 0 radical (unpaired) electrons. The minimum Gasteiger partial charge on any atom is -0.370 e. The minimum absolute atomic E-state index is 0.00192. The number of unbranched alkanes of at least 4 members (excludes halogenated alkanes) is 2. The van der Waals surface area contributed by atoms with E-state index in [4.69, 9.17) is 89.8 Å². The number of likely N-dealkylation sites (tertiary alicyclic amines) is 1. The van der Waals surface area contributed by atoms with Gasteiger partial charge in [-0.1, -0.05) is 30.3 Å². The number of amides is 14. The minimum atomic E-state index is -1.76. The molecule has 14 amide bonds. The van der Waals surface area contributed by atoms with E-state index < -0.39 is 192 Å². The molecule has 1 aromatic carbocycles. The van der Waals surface area contributed by atoms with E-state index in [-0.39, 0.29) is 180 Å². The Morgan fingerprint density at radius 3 is 1.10 bits per heavy atom. The van der Waals surface area contributed by atoms with E-state index in [0.29, 0.717) is 18.4 Å². The molecule has 0 bridgehead atoms. The van der Waals surface area contributed by atoms with Gasteiger partial charge in [0.05, 0.1) is 6.54 Å². The standard InChI is InChI=1S/C69H124N34O14/c1-38(104)93-49(34-39-14-3-2-4-15-39)55(109)92-36-53(107)95-42(19-10-29-88-65(76)77)56(110)97-43(16-5-7-26-70)60(114)102-48(17-6-8-27-71)63(117)103-37-40(94-69(84)85)35-50(103)62(116)101-46(22-13-32-91-68(82)83)59(113)100-47(23-24-51(72)105)61(115)99-45(21-12-31-90-67(80)81)58(112)98-44(20-11-30-89-66(78)79)57(111)96-41(18-9-28-87-64(74)75)54(108)86-33-25-52(73)106/h2-4,14-15,40-50H,5-13,16-37,70-71H2,1H3,(H2,72,105)(H2,73,106)(H,86,108)(H,92,109)(H,93,104)(H,95,107)(H,96,111)(H,97,110)(H,98,112)(H,99,115)(H,100,113)(H,101,116)(H,102,114)(H4,74,75,87)(H4,76,77,88)(H4,78,79,89)(H4,80,81,90)(H4,82,83,91)(H4,84,85,94)/t40-,41-,42-,43-,44-,45-,46-,47-,48-,49-,50-/m0/s1. The molecule has 2 rings (SSSR count). The van der Waals surface area contributed by atoms with Crippen LogP contribution in [0.1, 0.15) is 141 Å². The van der Waals surface area contributed by atoms with E-state index in [1.165, 1.54) is 6.92 Å². The second-order valence-electron chi connectivity index (χ2n) is 27.7. The summed E-state index contributed by atoms with van der Waals surface area (Å²) >= 11 is 0. The molecule has 117 heavy (non-hydrogen) atoms. The summed E-state index contributed by atoms with van der Waals surface area (Å²) in [7, 11) is 0. The highest BCUT2D eigenvalue weighted by Gasteiger charge is 2.44. The van der Waals surface area contributed by atoms with E-state index in [1.54, 1.807) is 30.3 Å². The van der Waals surface area contributed by atoms with Crippen molar-refractivity contribution >= 4 is 118 Å². The van der Waals surface area contributed by atoms with Crippen LogP contribution in [0.4, 0.5) is 0 Å². The van der Waals surface area contributed by atoms with Crippen molar-refractivity contribution in [2.45, 2.75) is 208 Å². The third kappa shape index (κ3) is 43.4. The summed E-state index contributed by atoms with van der Waals surface area (Å²) in [6.07, 6.45) is -1.16. The largest absolute Gasteiger partial charge is 0.370 e. The number of hydrogen-bond donors (Lipinski definition) is 33. The first kappa shape index (κ1) is 100. The lowest BCUT2D eigenvalue weighted by Crippen LogP contribution is -2.60. The highest BCUT2D eigenvalue weighted by molar-refractivity contribution is 6.00. The summed E-state index contributed by atoms with van der Waals surface area (Å²) in [6.45, 7) is 0.396. The molecule has 654 valence electrons. The number of primary amides is 2. The van der Waals surface area contributed by atoms with Crippen molar-refractivity contribution in [2.24, 2.45) is 57.3 Å². The highest BCUT2D eigenvalue weighted by atomic mass is 16.2. The van der Waals surface area contributed by atoms with E-state index in [1.807, 2.05) is 0 Å². The molecule has 48 nitrogen and oxygen atoms in total. The Bertz CT molecular complexity index is 3520. The molecular weight excluding hydrogens is 1530 g/mol. The number of rotatable bonds is 58. The SMILES string of the molecule is CC(=O)N[C@@H](Cc1ccccc1)C(=O)NCC(=O)N[C@@H](CCCNC(=N)N)C(=O)N[C@@H](CCCCN)C(=O)N[C@@H](CCCCN)C(=O)N1C[C@@H](NC(=N)N)C[C@H]1C(=O)N[C@@H](CCCNC(=N)N)C(=O)N[C@@H](CCC(N)=O)C(=O)N[C@@H](CCCNC(=N)N)C(=O)N[C@@H](CCCNC(=N)N)C(=O)N[C@@H](CCCNC(=N)N)C(=O)NCCC(N)=O. The molecule has 1 aliphatic rings.